The van der Waals surface area contributed by atoms with Gasteiger partial charge < -0.3 is 0 Å². The lowest BCUT2D eigenvalue weighted by Gasteiger charge is -2.13. The molecule has 1 amide bonds. The minimum atomic E-state index is -4.36. The normalized spacial score (nSPS) is 22.9. The van der Waals surface area contributed by atoms with Crippen molar-refractivity contribution in [2.24, 2.45) is 11.0 Å². The molecule has 0 unspecified atom stereocenters. The van der Waals surface area contributed by atoms with Crippen LogP contribution in [0.4, 0.5) is 13.2 Å². The van der Waals surface area contributed by atoms with Crippen molar-refractivity contribution >= 4 is 11.6 Å². The first kappa shape index (κ1) is 9.48. The smallest absolute Gasteiger partial charge is 0.273 e. The maximum absolute atomic E-state index is 12.0. The topological polar surface area (TPSA) is 32.7 Å². The summed E-state index contributed by atoms with van der Waals surface area (Å²) in [5.74, 6) is -0.276. The van der Waals surface area contributed by atoms with Crippen LogP contribution >= 0.6 is 0 Å². The van der Waals surface area contributed by atoms with Crippen LogP contribution in [0.5, 0.6) is 0 Å². The Balaban J connectivity index is 2.01. The van der Waals surface area contributed by atoms with E-state index in [1.54, 1.807) is 0 Å². The molecule has 14 heavy (non-hydrogen) atoms. The van der Waals surface area contributed by atoms with Crippen molar-refractivity contribution < 1.29 is 18.0 Å². The summed E-state index contributed by atoms with van der Waals surface area (Å²) in [5.41, 5.74) is 0.624. The van der Waals surface area contributed by atoms with Gasteiger partial charge in [-0.1, -0.05) is 0 Å². The second-order valence-corrected chi connectivity index (χ2v) is 3.61. The summed E-state index contributed by atoms with van der Waals surface area (Å²) in [6.45, 7) is -1.26. The summed E-state index contributed by atoms with van der Waals surface area (Å²) < 4.78 is 35.9. The van der Waals surface area contributed by atoms with Gasteiger partial charge in [-0.25, -0.2) is 5.01 Å². The molecule has 0 saturated heterocycles. The van der Waals surface area contributed by atoms with Crippen molar-refractivity contribution in [3.05, 3.63) is 0 Å². The third kappa shape index (κ3) is 2.05. The van der Waals surface area contributed by atoms with Gasteiger partial charge in [-0.3, -0.25) is 4.79 Å². The van der Waals surface area contributed by atoms with Crippen molar-refractivity contribution in [2.75, 3.05) is 6.54 Å². The molecule has 0 aromatic heterocycles. The Kier molecular flexibility index (Phi) is 2.01. The van der Waals surface area contributed by atoms with E-state index >= 15 is 0 Å². The van der Waals surface area contributed by atoms with E-state index in [0.29, 0.717) is 10.7 Å². The molecule has 1 heterocycles. The molecule has 2 rings (SSSR count). The molecule has 6 heteroatoms. The molecule has 1 aliphatic heterocycles. The zero-order valence-electron chi connectivity index (χ0n) is 7.34. The lowest BCUT2D eigenvalue weighted by Crippen LogP contribution is -2.32. The van der Waals surface area contributed by atoms with Crippen LogP contribution in [0.2, 0.25) is 0 Å². The third-order valence-electron chi connectivity index (χ3n) is 2.25. The number of hydrazone groups is 1. The van der Waals surface area contributed by atoms with Gasteiger partial charge >= 0.3 is 6.18 Å². The molecule has 0 bridgehead atoms. The molecule has 1 aliphatic carbocycles. The van der Waals surface area contributed by atoms with Crippen LogP contribution < -0.4 is 0 Å². The predicted molar refractivity (Wildman–Crippen MR) is 42.5 cm³/mol. The van der Waals surface area contributed by atoms with E-state index in [1.165, 1.54) is 0 Å². The molecule has 0 N–H and O–H groups in total. The molecular formula is C8H9F3N2O. The van der Waals surface area contributed by atoms with Crippen LogP contribution in [-0.4, -0.2) is 29.3 Å². The van der Waals surface area contributed by atoms with Crippen molar-refractivity contribution in [3.63, 3.8) is 0 Å². The zero-order valence-corrected chi connectivity index (χ0v) is 7.34. The van der Waals surface area contributed by atoms with Gasteiger partial charge in [0, 0.05) is 0 Å². The maximum atomic E-state index is 12.0. The highest BCUT2D eigenvalue weighted by molar-refractivity contribution is 6.06. The molecule has 3 nitrogen and oxygen atoms in total. The first-order valence-corrected chi connectivity index (χ1v) is 4.40. The van der Waals surface area contributed by atoms with E-state index < -0.39 is 18.6 Å². The molecule has 1 saturated carbocycles. The highest BCUT2D eigenvalue weighted by atomic mass is 19.4. The average Bonchev–Trinajstić information content (AvgIpc) is 2.77. The number of hydrogen-bond acceptors (Lipinski definition) is 2. The number of alkyl halides is 3. The number of rotatable bonds is 2. The average molecular weight is 206 g/mol. The zero-order chi connectivity index (χ0) is 10.3. The Morgan fingerprint density at radius 3 is 2.57 bits per heavy atom. The van der Waals surface area contributed by atoms with Gasteiger partial charge in [-0.2, -0.15) is 18.3 Å². The molecule has 0 radical (unpaired) electrons. The molecule has 0 aromatic carbocycles. The Bertz CT molecular complexity index is 293. The summed E-state index contributed by atoms with van der Waals surface area (Å²) in [5, 5.41) is 4.23. The predicted octanol–water partition coefficient (Wildman–Crippen LogP) is 1.55. The standard InChI is InChI=1S/C8H9F3N2O/c9-8(10,11)4-13-7(14)3-6(12-13)5-1-2-5/h5H,1-4H2. The second kappa shape index (κ2) is 2.96. The van der Waals surface area contributed by atoms with Crippen LogP contribution in [-0.2, 0) is 4.79 Å². The third-order valence-corrected chi connectivity index (χ3v) is 2.25. The second-order valence-electron chi connectivity index (χ2n) is 3.61. The summed E-state index contributed by atoms with van der Waals surface area (Å²) in [6, 6.07) is 0. The molecular weight excluding hydrogens is 197 g/mol. The summed E-state index contributed by atoms with van der Waals surface area (Å²) >= 11 is 0. The molecule has 2 aliphatic rings. The number of carbonyl (C=O) groups is 1. The molecule has 0 atom stereocenters. The highest BCUT2D eigenvalue weighted by Gasteiger charge is 2.39. The van der Waals surface area contributed by atoms with Gasteiger partial charge in [0.15, 0.2) is 0 Å². The lowest BCUT2D eigenvalue weighted by atomic mass is 10.2. The lowest BCUT2D eigenvalue weighted by molar-refractivity contribution is -0.159. The number of nitrogens with zero attached hydrogens (tertiary/aromatic N) is 2. The van der Waals surface area contributed by atoms with Crippen LogP contribution in [0.25, 0.3) is 0 Å². The molecule has 0 spiro atoms. The first-order chi connectivity index (χ1) is 6.46. The van der Waals surface area contributed by atoms with Gasteiger partial charge in [0.1, 0.15) is 6.54 Å². The van der Waals surface area contributed by atoms with Gasteiger partial charge in [0.25, 0.3) is 0 Å². The Morgan fingerprint density at radius 2 is 2.07 bits per heavy atom. The van der Waals surface area contributed by atoms with E-state index in [0.717, 1.165) is 12.8 Å². The van der Waals surface area contributed by atoms with Crippen molar-refractivity contribution in [3.8, 4) is 0 Å². The largest absolute Gasteiger partial charge is 0.408 e. The number of hydrogen-bond donors (Lipinski definition) is 0. The minimum absolute atomic E-state index is 0.0702. The number of amides is 1. The Hall–Kier alpha value is -1.07. The van der Waals surface area contributed by atoms with Gasteiger partial charge in [0.2, 0.25) is 5.91 Å². The monoisotopic (exact) mass is 206 g/mol. The quantitative estimate of drug-likeness (QED) is 0.674. The summed E-state index contributed by atoms with van der Waals surface area (Å²) in [7, 11) is 0. The van der Waals surface area contributed by atoms with E-state index in [1.807, 2.05) is 0 Å². The van der Waals surface area contributed by atoms with Crippen molar-refractivity contribution in [2.45, 2.75) is 25.4 Å². The fourth-order valence-corrected chi connectivity index (χ4v) is 1.43. The van der Waals surface area contributed by atoms with Crippen LogP contribution in [0.15, 0.2) is 5.10 Å². The molecule has 1 fully saturated rings. The summed E-state index contributed by atoms with van der Waals surface area (Å²) in [4.78, 5) is 11.1. The summed E-state index contributed by atoms with van der Waals surface area (Å²) in [6.07, 6.45) is -2.39. The fourth-order valence-electron chi connectivity index (χ4n) is 1.43. The highest BCUT2D eigenvalue weighted by Crippen LogP contribution is 2.34. The van der Waals surface area contributed by atoms with Gasteiger partial charge in [-0.05, 0) is 18.8 Å². The van der Waals surface area contributed by atoms with Crippen LogP contribution in [0.3, 0.4) is 0 Å². The van der Waals surface area contributed by atoms with Gasteiger partial charge in [0.05, 0.1) is 12.1 Å². The molecule has 0 aromatic rings. The number of carbonyl (C=O) groups excluding carboxylic acids is 1. The first-order valence-electron chi connectivity index (χ1n) is 4.40. The van der Waals surface area contributed by atoms with Crippen molar-refractivity contribution in [1.29, 1.82) is 0 Å². The number of halogens is 3. The van der Waals surface area contributed by atoms with E-state index in [2.05, 4.69) is 5.10 Å². The van der Waals surface area contributed by atoms with Crippen molar-refractivity contribution in [1.82, 2.24) is 5.01 Å². The molecule has 78 valence electrons. The van der Waals surface area contributed by atoms with Crippen LogP contribution in [0.1, 0.15) is 19.3 Å². The van der Waals surface area contributed by atoms with Gasteiger partial charge in [-0.15, -0.1) is 0 Å². The van der Waals surface area contributed by atoms with E-state index in [4.69, 9.17) is 0 Å². The Morgan fingerprint density at radius 1 is 1.43 bits per heavy atom. The Labute approximate surface area is 78.6 Å². The maximum Gasteiger partial charge on any atom is 0.408 e. The fraction of sp³-hybridized carbons (Fsp3) is 0.750. The van der Waals surface area contributed by atoms with Crippen LogP contribution in [0, 0.1) is 5.92 Å². The minimum Gasteiger partial charge on any atom is -0.273 e. The van der Waals surface area contributed by atoms with E-state index in [-0.39, 0.29) is 12.3 Å². The van der Waals surface area contributed by atoms with E-state index in [9.17, 15) is 18.0 Å². The SMILES string of the molecule is O=C1CC(C2CC2)=NN1CC(F)(F)F.